The van der Waals surface area contributed by atoms with Crippen molar-refractivity contribution in [2.24, 2.45) is 0 Å². The van der Waals surface area contributed by atoms with Crippen molar-refractivity contribution >= 4 is 12.2 Å². The molecule has 3 rings (SSSR count). The summed E-state index contributed by atoms with van der Waals surface area (Å²) >= 11 is 5.29. The second kappa shape index (κ2) is 5.25. The molecule has 0 saturated heterocycles. The summed E-state index contributed by atoms with van der Waals surface area (Å²) < 4.78 is 0.716. The van der Waals surface area contributed by atoms with E-state index in [1.165, 1.54) is 16.8 Å². The number of H-pyrrole nitrogens is 1. The molecular weight excluding hydrogens is 252 g/mol. The van der Waals surface area contributed by atoms with Gasteiger partial charge >= 0.3 is 0 Å². The number of hydrogen-bond acceptors (Lipinski definition) is 2. The van der Waals surface area contributed by atoms with Crippen LogP contribution in [0.5, 0.6) is 0 Å². The van der Waals surface area contributed by atoms with E-state index in [0.29, 0.717) is 10.6 Å². The normalized spacial score (nSPS) is 14.6. The maximum atomic E-state index is 5.29. The lowest BCUT2D eigenvalue weighted by molar-refractivity contribution is 0.669. The molecule has 1 aliphatic carbocycles. The second-order valence-corrected chi connectivity index (χ2v) is 5.67. The Kier molecular flexibility index (Phi) is 3.47. The minimum atomic E-state index is 0.455. The van der Waals surface area contributed by atoms with E-state index >= 15 is 0 Å². The fourth-order valence-electron chi connectivity index (χ4n) is 2.88. The summed E-state index contributed by atoms with van der Waals surface area (Å²) in [5.41, 5.74) is 4.12. The highest BCUT2D eigenvalue weighted by Gasteiger charge is 2.24. The predicted molar refractivity (Wildman–Crippen MR) is 80.0 cm³/mol. The van der Waals surface area contributed by atoms with Crippen LogP contribution in [0.1, 0.15) is 41.9 Å². The first-order chi connectivity index (χ1) is 9.26. The summed E-state index contributed by atoms with van der Waals surface area (Å²) in [4.78, 5) is 8.03. The molecule has 3 heteroatoms. The summed E-state index contributed by atoms with van der Waals surface area (Å²) in [6.45, 7) is 2.18. The van der Waals surface area contributed by atoms with Gasteiger partial charge in [0.15, 0.2) is 0 Å². The van der Waals surface area contributed by atoms with Crippen LogP contribution in [0.2, 0.25) is 0 Å². The molecule has 0 spiro atoms. The Balaban J connectivity index is 1.90. The van der Waals surface area contributed by atoms with Gasteiger partial charge in [0.1, 0.15) is 10.5 Å². The van der Waals surface area contributed by atoms with Crippen LogP contribution in [0.3, 0.4) is 0 Å². The molecule has 1 aliphatic rings. The van der Waals surface area contributed by atoms with Gasteiger partial charge in [-0.15, -0.1) is 0 Å². The highest BCUT2D eigenvalue weighted by atomic mass is 32.1. The molecule has 0 saturated carbocycles. The first kappa shape index (κ1) is 12.5. The van der Waals surface area contributed by atoms with E-state index in [0.717, 1.165) is 31.5 Å². The number of benzene rings is 1. The van der Waals surface area contributed by atoms with Gasteiger partial charge in [0.05, 0.1) is 0 Å². The third-order valence-corrected chi connectivity index (χ3v) is 3.98. The molecule has 2 aromatic rings. The zero-order chi connectivity index (χ0) is 13.2. The average molecular weight is 270 g/mol. The molecule has 98 valence electrons. The van der Waals surface area contributed by atoms with Crippen molar-refractivity contribution < 1.29 is 0 Å². The van der Waals surface area contributed by atoms with E-state index in [9.17, 15) is 0 Å². The molecule has 0 bridgehead atoms. The lowest BCUT2D eigenvalue weighted by atomic mass is 10.1. The van der Waals surface area contributed by atoms with Crippen LogP contribution >= 0.6 is 12.2 Å². The molecule has 1 N–H and O–H groups in total. The number of fused-ring (bicyclic) bond motifs is 1. The highest BCUT2D eigenvalue weighted by molar-refractivity contribution is 7.71. The maximum absolute atomic E-state index is 5.29. The van der Waals surface area contributed by atoms with E-state index in [4.69, 9.17) is 12.2 Å². The van der Waals surface area contributed by atoms with Crippen molar-refractivity contribution in [3.05, 3.63) is 57.6 Å². The van der Waals surface area contributed by atoms with Gasteiger partial charge in [-0.3, -0.25) is 0 Å². The first-order valence-electron chi connectivity index (χ1n) is 6.93. The maximum Gasteiger partial charge on any atom is 0.129 e. The predicted octanol–water partition coefficient (Wildman–Crippen LogP) is 3.97. The van der Waals surface area contributed by atoms with Crippen LogP contribution in [0.15, 0.2) is 30.3 Å². The Labute approximate surface area is 118 Å². The smallest absolute Gasteiger partial charge is 0.129 e. The lowest BCUT2D eigenvalue weighted by Gasteiger charge is -2.10. The van der Waals surface area contributed by atoms with Crippen molar-refractivity contribution in [3.8, 4) is 0 Å². The third-order valence-electron chi connectivity index (χ3n) is 3.77. The zero-order valence-corrected chi connectivity index (χ0v) is 12.0. The average Bonchev–Trinajstić information content (AvgIpc) is 2.82. The van der Waals surface area contributed by atoms with E-state index in [2.05, 4.69) is 41.2 Å². The minimum absolute atomic E-state index is 0.455. The number of nitrogens with zero attached hydrogens (tertiary/aromatic N) is 1. The van der Waals surface area contributed by atoms with Gasteiger partial charge < -0.3 is 4.98 Å². The van der Waals surface area contributed by atoms with E-state index in [1.807, 2.05) is 6.07 Å². The third kappa shape index (κ3) is 2.61. The van der Waals surface area contributed by atoms with Crippen LogP contribution < -0.4 is 0 Å². The lowest BCUT2D eigenvalue weighted by Crippen LogP contribution is -2.07. The molecule has 1 heterocycles. The van der Waals surface area contributed by atoms with E-state index < -0.39 is 0 Å². The van der Waals surface area contributed by atoms with Gasteiger partial charge in [-0.1, -0.05) is 49.8 Å². The fraction of sp³-hybridized carbons (Fsp3) is 0.375. The SMILES string of the molecule is CCCc1cc(=S)nc(C2Cc3ccccc3C2)[nH]1. The van der Waals surface area contributed by atoms with E-state index in [-0.39, 0.29) is 0 Å². The van der Waals surface area contributed by atoms with Crippen molar-refractivity contribution in [3.63, 3.8) is 0 Å². The molecule has 0 atom stereocenters. The molecule has 0 radical (unpaired) electrons. The zero-order valence-electron chi connectivity index (χ0n) is 11.1. The summed E-state index contributed by atoms with van der Waals surface area (Å²) in [6, 6.07) is 10.7. The topological polar surface area (TPSA) is 28.7 Å². The Morgan fingerprint density at radius 3 is 2.58 bits per heavy atom. The molecule has 0 amide bonds. The molecule has 1 aromatic heterocycles. The molecule has 1 aromatic carbocycles. The molecule has 19 heavy (non-hydrogen) atoms. The van der Waals surface area contributed by atoms with Crippen molar-refractivity contribution in [1.82, 2.24) is 9.97 Å². The standard InChI is InChI=1S/C16H18N2S/c1-2-5-14-10-15(19)18-16(17-14)13-8-11-6-3-4-7-12(11)9-13/h3-4,6-7,10,13H,2,5,8-9H2,1H3,(H,17,18,19). The molecule has 2 nitrogen and oxygen atoms in total. The fourth-order valence-corrected chi connectivity index (χ4v) is 3.12. The molecular formula is C16H18N2S. The Hall–Kier alpha value is -1.48. The highest BCUT2D eigenvalue weighted by Crippen LogP contribution is 2.32. The van der Waals surface area contributed by atoms with Crippen LogP contribution in [0, 0.1) is 4.64 Å². The Bertz CT molecular complexity index is 620. The summed E-state index contributed by atoms with van der Waals surface area (Å²) in [6.07, 6.45) is 4.31. The quantitative estimate of drug-likeness (QED) is 0.855. The first-order valence-corrected chi connectivity index (χ1v) is 7.34. The van der Waals surface area contributed by atoms with Crippen LogP contribution in [-0.2, 0) is 19.3 Å². The van der Waals surface area contributed by atoms with Gasteiger partial charge in [0, 0.05) is 11.6 Å². The van der Waals surface area contributed by atoms with Crippen LogP contribution in [0.25, 0.3) is 0 Å². The molecule has 0 aliphatic heterocycles. The number of aromatic amines is 1. The van der Waals surface area contributed by atoms with Gasteiger partial charge in [-0.2, -0.15) is 0 Å². The van der Waals surface area contributed by atoms with Gasteiger partial charge in [-0.05, 0) is 36.5 Å². The number of aromatic nitrogens is 2. The second-order valence-electron chi connectivity index (χ2n) is 5.25. The number of rotatable bonds is 3. The van der Waals surface area contributed by atoms with Gasteiger partial charge in [0.2, 0.25) is 0 Å². The van der Waals surface area contributed by atoms with Gasteiger partial charge in [0.25, 0.3) is 0 Å². The number of nitrogens with one attached hydrogen (secondary N) is 1. The van der Waals surface area contributed by atoms with Crippen LogP contribution in [-0.4, -0.2) is 9.97 Å². The van der Waals surface area contributed by atoms with Crippen molar-refractivity contribution in [1.29, 1.82) is 0 Å². The Morgan fingerprint density at radius 1 is 1.26 bits per heavy atom. The van der Waals surface area contributed by atoms with Crippen molar-refractivity contribution in [2.75, 3.05) is 0 Å². The van der Waals surface area contributed by atoms with E-state index in [1.54, 1.807) is 0 Å². The summed E-state index contributed by atoms with van der Waals surface area (Å²) in [5.74, 6) is 1.52. The van der Waals surface area contributed by atoms with Gasteiger partial charge in [-0.25, -0.2) is 4.98 Å². The monoisotopic (exact) mass is 270 g/mol. The summed E-state index contributed by atoms with van der Waals surface area (Å²) in [7, 11) is 0. The summed E-state index contributed by atoms with van der Waals surface area (Å²) in [5, 5.41) is 0. The Morgan fingerprint density at radius 2 is 1.95 bits per heavy atom. The largest absolute Gasteiger partial charge is 0.347 e. The number of aryl methyl sites for hydroxylation is 1. The minimum Gasteiger partial charge on any atom is -0.347 e. The van der Waals surface area contributed by atoms with Crippen LogP contribution in [0.4, 0.5) is 0 Å². The molecule has 0 unspecified atom stereocenters. The molecule has 0 fully saturated rings. The number of hydrogen-bond donors (Lipinski definition) is 1. The van der Waals surface area contributed by atoms with Crippen molar-refractivity contribution in [2.45, 2.75) is 38.5 Å².